The summed E-state index contributed by atoms with van der Waals surface area (Å²) in [6.45, 7) is 10.4. The van der Waals surface area contributed by atoms with E-state index in [1.54, 1.807) is 0 Å². The van der Waals surface area contributed by atoms with E-state index in [1.807, 2.05) is 13.0 Å². The van der Waals surface area contributed by atoms with Gasteiger partial charge in [0.2, 0.25) is 5.91 Å². The molecule has 0 aromatic rings. The van der Waals surface area contributed by atoms with Crippen LogP contribution >= 0.6 is 0 Å². The molecule has 1 heterocycles. The number of carbonyl (C=O) groups is 2. The van der Waals surface area contributed by atoms with Crippen LogP contribution in [0.1, 0.15) is 53.9 Å². The Labute approximate surface area is 174 Å². The summed E-state index contributed by atoms with van der Waals surface area (Å²) in [4.78, 5) is 27.1. The summed E-state index contributed by atoms with van der Waals surface area (Å²) in [5, 5.41) is 23.6. The minimum Gasteiger partial charge on any atom is -0.390 e. The van der Waals surface area contributed by atoms with Gasteiger partial charge in [0, 0.05) is 17.9 Å². The van der Waals surface area contributed by atoms with Crippen LogP contribution < -0.4 is 5.32 Å². The number of aliphatic hydroxyl groups excluding tert-OH is 2. The molecule has 3 N–H and O–H groups in total. The second-order valence-electron chi connectivity index (χ2n) is 9.66. The van der Waals surface area contributed by atoms with E-state index in [0.29, 0.717) is 18.8 Å². The Morgan fingerprint density at radius 2 is 1.90 bits per heavy atom. The van der Waals surface area contributed by atoms with E-state index >= 15 is 0 Å². The first-order chi connectivity index (χ1) is 13.6. The molecule has 0 unspecified atom stereocenters. The number of amides is 1. The molecule has 1 fully saturated rings. The van der Waals surface area contributed by atoms with Gasteiger partial charge in [-0.15, -0.1) is 0 Å². The van der Waals surface area contributed by atoms with Gasteiger partial charge in [-0.1, -0.05) is 50.1 Å². The van der Waals surface area contributed by atoms with Gasteiger partial charge in [-0.05, 0) is 51.0 Å². The summed E-state index contributed by atoms with van der Waals surface area (Å²) in [6.07, 6.45) is 6.60. The van der Waals surface area contributed by atoms with Gasteiger partial charge in [-0.3, -0.25) is 9.59 Å². The fraction of sp³-hybridized carbons (Fsp3) is 0.667. The van der Waals surface area contributed by atoms with Crippen LogP contribution in [-0.2, 0) is 9.59 Å². The summed E-state index contributed by atoms with van der Waals surface area (Å²) < 4.78 is 0. The number of ketones is 1. The number of nitrogens with one attached hydrogen (secondary N) is 1. The number of hydrogen-bond acceptors (Lipinski definition) is 4. The highest BCUT2D eigenvalue weighted by atomic mass is 16.3. The van der Waals surface area contributed by atoms with Gasteiger partial charge in [-0.2, -0.15) is 0 Å². The zero-order valence-corrected chi connectivity index (χ0v) is 18.2. The summed E-state index contributed by atoms with van der Waals surface area (Å²) >= 11 is 0. The van der Waals surface area contributed by atoms with Gasteiger partial charge in [0.15, 0.2) is 5.78 Å². The van der Waals surface area contributed by atoms with Crippen LogP contribution in [-0.4, -0.2) is 40.2 Å². The molecule has 0 aromatic heterocycles. The second kappa shape index (κ2) is 8.19. The molecule has 3 rings (SSSR count). The Morgan fingerprint density at radius 1 is 1.21 bits per heavy atom. The molecule has 0 radical (unpaired) electrons. The summed E-state index contributed by atoms with van der Waals surface area (Å²) in [5.74, 6) is -0.455. The van der Waals surface area contributed by atoms with Crippen LogP contribution in [0.5, 0.6) is 0 Å². The summed E-state index contributed by atoms with van der Waals surface area (Å²) in [5.41, 5.74) is 1.02. The Morgan fingerprint density at radius 3 is 2.55 bits per heavy atom. The maximum Gasteiger partial charge on any atom is 0.235 e. The van der Waals surface area contributed by atoms with Crippen LogP contribution in [0.25, 0.3) is 0 Å². The van der Waals surface area contributed by atoms with Crippen LogP contribution in [0, 0.1) is 29.1 Å². The molecule has 1 saturated heterocycles. The van der Waals surface area contributed by atoms with E-state index in [0.717, 1.165) is 12.0 Å². The van der Waals surface area contributed by atoms with Gasteiger partial charge in [0.1, 0.15) is 5.41 Å². The fourth-order valence-corrected chi connectivity index (χ4v) is 5.53. The van der Waals surface area contributed by atoms with Gasteiger partial charge >= 0.3 is 0 Å². The first-order valence-electron chi connectivity index (χ1n) is 10.8. The average molecular weight is 402 g/mol. The molecule has 1 aliphatic heterocycles. The van der Waals surface area contributed by atoms with Crippen LogP contribution in [0.15, 0.2) is 35.5 Å². The van der Waals surface area contributed by atoms with Crippen molar-refractivity contribution in [1.82, 2.24) is 5.32 Å². The lowest BCUT2D eigenvalue weighted by Gasteiger charge is -2.44. The molecule has 2 aliphatic carbocycles. The molecule has 3 aliphatic rings. The molecule has 0 saturated carbocycles. The molecular weight excluding hydrogens is 366 g/mol. The first kappa shape index (κ1) is 22.0. The van der Waals surface area contributed by atoms with Crippen LogP contribution in [0.3, 0.4) is 0 Å². The normalized spacial score (nSPS) is 43.4. The molecular formula is C24H35NO4. The maximum atomic E-state index is 13.6. The lowest BCUT2D eigenvalue weighted by Crippen LogP contribution is -2.51. The topological polar surface area (TPSA) is 86.6 Å². The lowest BCUT2D eigenvalue weighted by atomic mass is 9.55. The number of rotatable bonds is 2. The SMILES string of the molecule is CC1=C[C@@H]2/C=C(\C)CC[C@H](O)[C@H](O)/C=C/C(=O)[C@@]23C(=O)N[C@@H](CC(C)C)[C@@H]3[C@@H]1C. The van der Waals surface area contributed by atoms with Crippen molar-refractivity contribution in [1.29, 1.82) is 0 Å². The van der Waals surface area contributed by atoms with Gasteiger partial charge in [0.25, 0.3) is 0 Å². The Bertz CT molecular complexity index is 765. The monoisotopic (exact) mass is 401 g/mol. The fourth-order valence-electron chi connectivity index (χ4n) is 5.53. The number of aliphatic hydroxyl groups is 2. The standard InChI is InChI=1S/C24H35NO4/c1-13(2)10-18-22-16(5)15(4)12-17-11-14(3)6-7-19(26)20(27)8-9-21(28)24(17,22)23(29)25-18/h8-9,11-13,16-20,22,26-27H,6-7,10H2,1-5H3,(H,25,29)/b9-8+,14-11+/t16-,17+,18+,19+,20-,22+,24+/m1/s1. The largest absolute Gasteiger partial charge is 0.390 e. The van der Waals surface area contributed by atoms with E-state index in [2.05, 4.69) is 39.1 Å². The second-order valence-corrected chi connectivity index (χ2v) is 9.66. The molecule has 0 bridgehead atoms. The zero-order valence-electron chi connectivity index (χ0n) is 18.2. The third-order valence-electron chi connectivity index (χ3n) is 7.15. The Hall–Kier alpha value is -1.72. The minimum atomic E-state index is -1.20. The smallest absolute Gasteiger partial charge is 0.235 e. The Kier molecular flexibility index (Phi) is 6.21. The van der Waals surface area contributed by atoms with Crippen molar-refractivity contribution in [2.75, 3.05) is 0 Å². The molecule has 1 spiro atoms. The highest BCUT2D eigenvalue weighted by Gasteiger charge is 2.64. The van der Waals surface area contributed by atoms with Crippen molar-refractivity contribution in [3.8, 4) is 0 Å². The number of carbonyl (C=O) groups excluding carboxylic acids is 2. The van der Waals surface area contributed by atoms with E-state index in [9.17, 15) is 19.8 Å². The van der Waals surface area contributed by atoms with E-state index in [4.69, 9.17) is 0 Å². The molecule has 0 aromatic carbocycles. The number of allylic oxidation sites excluding steroid dienone is 5. The quantitative estimate of drug-likeness (QED) is 0.490. The van der Waals surface area contributed by atoms with Crippen molar-refractivity contribution in [3.63, 3.8) is 0 Å². The van der Waals surface area contributed by atoms with Crippen molar-refractivity contribution in [2.45, 2.75) is 72.1 Å². The van der Waals surface area contributed by atoms with Crippen molar-refractivity contribution < 1.29 is 19.8 Å². The van der Waals surface area contributed by atoms with E-state index in [1.165, 1.54) is 17.7 Å². The van der Waals surface area contributed by atoms with Gasteiger partial charge in [-0.25, -0.2) is 0 Å². The molecule has 29 heavy (non-hydrogen) atoms. The summed E-state index contributed by atoms with van der Waals surface area (Å²) in [7, 11) is 0. The van der Waals surface area contributed by atoms with Crippen molar-refractivity contribution in [3.05, 3.63) is 35.5 Å². The number of hydrogen-bond donors (Lipinski definition) is 3. The van der Waals surface area contributed by atoms with Gasteiger partial charge < -0.3 is 15.5 Å². The summed E-state index contributed by atoms with van der Waals surface area (Å²) in [6, 6.07) is -0.0599. The third-order valence-corrected chi connectivity index (χ3v) is 7.15. The van der Waals surface area contributed by atoms with E-state index < -0.39 is 17.6 Å². The lowest BCUT2D eigenvalue weighted by molar-refractivity contribution is -0.142. The molecule has 160 valence electrons. The predicted octanol–water partition coefficient (Wildman–Crippen LogP) is 2.93. The molecule has 1 amide bonds. The molecule has 5 heteroatoms. The molecule has 7 atom stereocenters. The maximum absolute atomic E-state index is 13.6. The first-order valence-corrected chi connectivity index (χ1v) is 10.8. The molecule has 5 nitrogen and oxygen atoms in total. The third kappa shape index (κ3) is 3.75. The highest BCUT2D eigenvalue weighted by molar-refractivity contribution is 6.13. The van der Waals surface area contributed by atoms with Crippen molar-refractivity contribution >= 4 is 11.7 Å². The predicted molar refractivity (Wildman–Crippen MR) is 113 cm³/mol. The average Bonchev–Trinajstić information content (AvgIpc) is 2.93. The minimum absolute atomic E-state index is 0.0599. The van der Waals surface area contributed by atoms with Crippen LogP contribution in [0.4, 0.5) is 0 Å². The van der Waals surface area contributed by atoms with Crippen molar-refractivity contribution in [2.24, 2.45) is 29.1 Å². The Balaban J connectivity index is 2.20. The van der Waals surface area contributed by atoms with Gasteiger partial charge in [0.05, 0.1) is 12.2 Å². The van der Waals surface area contributed by atoms with E-state index in [-0.39, 0.29) is 35.5 Å². The highest BCUT2D eigenvalue weighted by Crippen LogP contribution is 2.55. The zero-order chi connectivity index (χ0) is 21.5. The van der Waals surface area contributed by atoms with Crippen LogP contribution in [0.2, 0.25) is 0 Å².